The quantitative estimate of drug-likeness (QED) is 0.756. The normalized spacial score (nSPS) is 10.4. The summed E-state index contributed by atoms with van der Waals surface area (Å²) in [5.74, 6) is 0.913. The Kier molecular flexibility index (Phi) is 6.23. The van der Waals surface area contributed by atoms with Crippen LogP contribution in [0.1, 0.15) is 30.0 Å². The first kappa shape index (κ1) is 15.1. The molecule has 0 amide bonds. The smallest absolute Gasteiger partial charge is 0.125 e. The fraction of sp³-hybridized carbons (Fsp3) is 0.467. The summed E-state index contributed by atoms with van der Waals surface area (Å²) in [5, 5.41) is 3.92. The highest BCUT2D eigenvalue weighted by Gasteiger charge is 2.06. The third-order valence-corrected chi connectivity index (χ3v) is 2.76. The lowest BCUT2D eigenvalue weighted by atomic mass is 10.1. The van der Waals surface area contributed by atoms with Crippen molar-refractivity contribution in [3.63, 3.8) is 0 Å². The van der Waals surface area contributed by atoms with Gasteiger partial charge in [0.05, 0.1) is 0 Å². The van der Waals surface area contributed by atoms with Gasteiger partial charge in [0.25, 0.3) is 0 Å². The third kappa shape index (κ3) is 4.71. The van der Waals surface area contributed by atoms with Crippen LogP contribution in [0.15, 0.2) is 23.7 Å². The molecule has 1 aromatic rings. The van der Waals surface area contributed by atoms with Crippen molar-refractivity contribution in [2.24, 2.45) is 0 Å². The van der Waals surface area contributed by atoms with E-state index in [0.717, 1.165) is 36.4 Å². The van der Waals surface area contributed by atoms with Crippen LogP contribution in [0.2, 0.25) is 0 Å². The first-order valence-corrected chi connectivity index (χ1v) is 6.69. The minimum atomic E-state index is 0.358. The van der Waals surface area contributed by atoms with Crippen LogP contribution in [-0.4, -0.2) is 13.2 Å². The maximum Gasteiger partial charge on any atom is 0.125 e. The van der Waals surface area contributed by atoms with Crippen LogP contribution in [0.25, 0.3) is 0 Å². The molecule has 1 N–H and O–H groups in total. The second kappa shape index (κ2) is 7.45. The van der Waals surface area contributed by atoms with Gasteiger partial charge in [-0.3, -0.25) is 0 Å². The number of hydrogen-bond acceptors (Lipinski definition) is 2. The molecule has 1 rings (SSSR count). The molecular weight excluding hydrogens is 246 g/mol. The third-order valence-electron chi connectivity index (χ3n) is 2.65. The summed E-state index contributed by atoms with van der Waals surface area (Å²) in [6.07, 6.45) is 1.15. The van der Waals surface area contributed by atoms with Crippen molar-refractivity contribution >= 4 is 11.6 Å². The van der Waals surface area contributed by atoms with Crippen LogP contribution in [0, 0.1) is 13.8 Å². The molecule has 0 atom stereocenters. The lowest BCUT2D eigenvalue weighted by Crippen LogP contribution is -2.14. The summed E-state index contributed by atoms with van der Waals surface area (Å²) in [4.78, 5) is 0. The maximum absolute atomic E-state index is 5.72. The van der Waals surface area contributed by atoms with Crippen LogP contribution in [0.3, 0.4) is 0 Å². The summed E-state index contributed by atoms with van der Waals surface area (Å²) >= 11 is 5.72. The molecule has 18 heavy (non-hydrogen) atoms. The molecule has 0 unspecified atom stereocenters. The minimum absolute atomic E-state index is 0.358. The number of nitrogens with one attached hydrogen (secondary N) is 1. The van der Waals surface area contributed by atoms with E-state index in [1.807, 2.05) is 0 Å². The minimum Gasteiger partial charge on any atom is -0.487 e. The first-order valence-electron chi connectivity index (χ1n) is 6.31. The largest absolute Gasteiger partial charge is 0.487 e. The van der Waals surface area contributed by atoms with Crippen molar-refractivity contribution in [2.75, 3.05) is 13.2 Å². The fourth-order valence-corrected chi connectivity index (χ4v) is 1.98. The summed E-state index contributed by atoms with van der Waals surface area (Å²) in [6, 6.07) is 4.31. The Hall–Kier alpha value is -0.990. The van der Waals surface area contributed by atoms with Gasteiger partial charge in [0.1, 0.15) is 12.4 Å². The Morgan fingerprint density at radius 1 is 1.33 bits per heavy atom. The molecule has 2 nitrogen and oxygen atoms in total. The van der Waals surface area contributed by atoms with E-state index in [9.17, 15) is 0 Å². The van der Waals surface area contributed by atoms with Gasteiger partial charge >= 0.3 is 0 Å². The van der Waals surface area contributed by atoms with Crippen LogP contribution in [-0.2, 0) is 6.54 Å². The van der Waals surface area contributed by atoms with Gasteiger partial charge < -0.3 is 10.1 Å². The SMILES string of the molecule is C=C(Cl)COc1c(C)cc(CNCCC)cc1C. The predicted molar refractivity (Wildman–Crippen MR) is 78.4 cm³/mol. The Morgan fingerprint density at radius 3 is 2.44 bits per heavy atom. The molecule has 0 fully saturated rings. The van der Waals surface area contributed by atoms with E-state index in [-0.39, 0.29) is 0 Å². The number of aryl methyl sites for hydroxylation is 2. The van der Waals surface area contributed by atoms with Crippen molar-refractivity contribution in [3.8, 4) is 5.75 Å². The molecular formula is C15H22ClNO. The van der Waals surface area contributed by atoms with E-state index in [1.54, 1.807) is 0 Å². The Labute approximate surface area is 115 Å². The van der Waals surface area contributed by atoms with Gasteiger partial charge in [-0.15, -0.1) is 0 Å². The molecule has 0 heterocycles. The second-order valence-electron chi connectivity index (χ2n) is 4.54. The van der Waals surface area contributed by atoms with Gasteiger partial charge in [-0.2, -0.15) is 0 Å². The number of rotatable bonds is 7. The van der Waals surface area contributed by atoms with Crippen LogP contribution in [0.4, 0.5) is 0 Å². The Balaban J connectivity index is 2.74. The van der Waals surface area contributed by atoms with Gasteiger partial charge in [0, 0.05) is 11.6 Å². The van der Waals surface area contributed by atoms with E-state index >= 15 is 0 Å². The Morgan fingerprint density at radius 2 is 1.94 bits per heavy atom. The van der Waals surface area contributed by atoms with Crippen molar-refractivity contribution in [1.82, 2.24) is 5.32 Å². The van der Waals surface area contributed by atoms with Crippen LogP contribution < -0.4 is 10.1 Å². The van der Waals surface area contributed by atoms with Gasteiger partial charge in [-0.1, -0.05) is 37.2 Å². The zero-order valence-corrected chi connectivity index (χ0v) is 12.2. The zero-order valence-electron chi connectivity index (χ0n) is 11.5. The highest BCUT2D eigenvalue weighted by Crippen LogP contribution is 2.25. The Bertz CT molecular complexity index is 392. The first-order chi connectivity index (χ1) is 8.54. The molecule has 1 aromatic carbocycles. The average molecular weight is 268 g/mol. The lowest BCUT2D eigenvalue weighted by molar-refractivity contribution is 0.354. The molecule has 100 valence electrons. The molecule has 0 aromatic heterocycles. The molecule has 0 aliphatic rings. The molecule has 0 saturated heterocycles. The van der Waals surface area contributed by atoms with E-state index in [2.05, 4.69) is 44.8 Å². The van der Waals surface area contributed by atoms with Crippen molar-refractivity contribution in [3.05, 3.63) is 40.4 Å². The van der Waals surface area contributed by atoms with E-state index in [0.29, 0.717) is 11.6 Å². The van der Waals surface area contributed by atoms with Crippen LogP contribution in [0.5, 0.6) is 5.75 Å². The summed E-state index contributed by atoms with van der Waals surface area (Å²) in [5.41, 5.74) is 3.57. The van der Waals surface area contributed by atoms with Gasteiger partial charge in [0.15, 0.2) is 0 Å². The summed E-state index contributed by atoms with van der Waals surface area (Å²) in [6.45, 7) is 12.2. The molecule has 0 aliphatic heterocycles. The second-order valence-corrected chi connectivity index (χ2v) is 5.08. The van der Waals surface area contributed by atoms with E-state index < -0.39 is 0 Å². The van der Waals surface area contributed by atoms with Gasteiger partial charge in [-0.25, -0.2) is 0 Å². The number of hydrogen-bond donors (Lipinski definition) is 1. The monoisotopic (exact) mass is 267 g/mol. The highest BCUT2D eigenvalue weighted by atomic mass is 35.5. The molecule has 0 radical (unpaired) electrons. The van der Waals surface area contributed by atoms with Crippen LogP contribution >= 0.6 is 11.6 Å². The van der Waals surface area contributed by atoms with Crippen molar-refractivity contribution in [2.45, 2.75) is 33.7 Å². The average Bonchev–Trinajstić information content (AvgIpc) is 2.28. The molecule has 0 spiro atoms. The molecule has 3 heteroatoms. The fourth-order valence-electron chi connectivity index (χ4n) is 1.93. The summed E-state index contributed by atoms with van der Waals surface area (Å²) < 4.78 is 5.66. The van der Waals surface area contributed by atoms with Crippen molar-refractivity contribution in [1.29, 1.82) is 0 Å². The number of halogens is 1. The predicted octanol–water partition coefficient (Wildman–Crippen LogP) is 3.93. The van der Waals surface area contributed by atoms with E-state index in [1.165, 1.54) is 5.56 Å². The number of ether oxygens (including phenoxy) is 1. The molecule has 0 bridgehead atoms. The van der Waals surface area contributed by atoms with Gasteiger partial charge in [0.2, 0.25) is 0 Å². The standard InChI is InChI=1S/C15H22ClNO/c1-5-6-17-9-14-7-11(2)15(12(3)8-14)18-10-13(4)16/h7-8,17H,4-6,9-10H2,1-3H3. The highest BCUT2D eigenvalue weighted by molar-refractivity contribution is 6.29. The molecule has 0 saturated carbocycles. The van der Waals surface area contributed by atoms with Gasteiger partial charge in [-0.05, 0) is 43.5 Å². The topological polar surface area (TPSA) is 21.3 Å². The number of benzene rings is 1. The van der Waals surface area contributed by atoms with Crippen molar-refractivity contribution < 1.29 is 4.74 Å². The lowest BCUT2D eigenvalue weighted by Gasteiger charge is -2.14. The zero-order chi connectivity index (χ0) is 13.5. The summed E-state index contributed by atoms with van der Waals surface area (Å²) in [7, 11) is 0. The van der Waals surface area contributed by atoms with E-state index in [4.69, 9.17) is 16.3 Å². The molecule has 0 aliphatic carbocycles. The maximum atomic E-state index is 5.72.